The van der Waals surface area contributed by atoms with Crippen LogP contribution in [0.25, 0.3) is 0 Å². The van der Waals surface area contributed by atoms with Gasteiger partial charge in [0.05, 0.1) is 18.8 Å². The molecule has 1 aliphatic heterocycles. The van der Waals surface area contributed by atoms with Crippen LogP contribution in [0, 0.1) is 0 Å². The third-order valence-corrected chi connectivity index (χ3v) is 5.52. The van der Waals surface area contributed by atoms with Crippen LogP contribution in [0.2, 0.25) is 0 Å². The smallest absolute Gasteiger partial charge is 0.107 e. The minimum Gasteiger partial charge on any atom is -0.392 e. The fourth-order valence-electron chi connectivity index (χ4n) is 3.07. The van der Waals surface area contributed by atoms with Gasteiger partial charge < -0.3 is 5.11 Å². The zero-order valence-electron chi connectivity index (χ0n) is 14.6. The maximum absolute atomic E-state index is 9.46. The highest BCUT2D eigenvalue weighted by Crippen LogP contribution is 2.20. The molecule has 1 N–H and O–H groups in total. The maximum atomic E-state index is 9.46. The number of aliphatic hydroxyl groups excluding tert-OH is 1. The van der Waals surface area contributed by atoms with Crippen LogP contribution in [0.5, 0.6) is 0 Å². The summed E-state index contributed by atoms with van der Waals surface area (Å²) in [5.74, 6) is 0.512. The van der Waals surface area contributed by atoms with Gasteiger partial charge in [-0.1, -0.05) is 38.1 Å². The number of hydrogen-bond acceptors (Lipinski definition) is 5. The van der Waals surface area contributed by atoms with Crippen molar-refractivity contribution in [2.45, 2.75) is 39.5 Å². The number of piperazine rings is 1. The Morgan fingerprint density at radius 2 is 1.67 bits per heavy atom. The molecule has 0 spiro atoms. The molecule has 0 saturated carbocycles. The van der Waals surface area contributed by atoms with Crippen LogP contribution < -0.4 is 0 Å². The number of benzene rings is 1. The molecule has 0 radical (unpaired) electrons. The zero-order valence-corrected chi connectivity index (χ0v) is 15.4. The van der Waals surface area contributed by atoms with Gasteiger partial charge in [-0.05, 0) is 17.0 Å². The van der Waals surface area contributed by atoms with E-state index < -0.39 is 0 Å². The van der Waals surface area contributed by atoms with Gasteiger partial charge in [-0.15, -0.1) is 11.3 Å². The van der Waals surface area contributed by atoms with Gasteiger partial charge in [-0.3, -0.25) is 9.80 Å². The van der Waals surface area contributed by atoms with E-state index in [0.717, 1.165) is 44.8 Å². The Hall–Kier alpha value is -1.27. The molecule has 2 aromatic rings. The van der Waals surface area contributed by atoms with E-state index in [1.165, 1.54) is 16.3 Å². The van der Waals surface area contributed by atoms with E-state index in [1.54, 1.807) is 11.3 Å². The summed E-state index contributed by atoms with van der Waals surface area (Å²) in [6.07, 6.45) is 0. The van der Waals surface area contributed by atoms with Gasteiger partial charge >= 0.3 is 0 Å². The summed E-state index contributed by atoms with van der Waals surface area (Å²) >= 11 is 1.79. The average Bonchev–Trinajstić information content (AvgIpc) is 3.06. The van der Waals surface area contributed by atoms with Crippen LogP contribution in [0.1, 0.15) is 41.6 Å². The number of aromatic nitrogens is 1. The molecule has 0 amide bonds. The number of rotatable bonds is 6. The third kappa shape index (κ3) is 4.42. The number of nitrogens with zero attached hydrogens (tertiary/aromatic N) is 3. The van der Waals surface area contributed by atoms with Crippen LogP contribution in [0.3, 0.4) is 0 Å². The molecular weight excluding hydrogens is 318 g/mol. The Labute approximate surface area is 148 Å². The first kappa shape index (κ1) is 17.5. The Kier molecular flexibility index (Phi) is 6.00. The quantitative estimate of drug-likeness (QED) is 0.873. The van der Waals surface area contributed by atoms with Crippen molar-refractivity contribution in [1.29, 1.82) is 0 Å². The van der Waals surface area contributed by atoms with Crippen LogP contribution in [-0.4, -0.2) is 46.1 Å². The monoisotopic (exact) mass is 345 g/mol. The first-order valence-electron chi connectivity index (χ1n) is 8.72. The molecule has 0 unspecified atom stereocenters. The summed E-state index contributed by atoms with van der Waals surface area (Å²) < 4.78 is 0. The molecule has 1 aromatic heterocycles. The summed E-state index contributed by atoms with van der Waals surface area (Å²) in [6, 6.07) is 8.19. The van der Waals surface area contributed by atoms with Crippen molar-refractivity contribution in [3.63, 3.8) is 0 Å². The van der Waals surface area contributed by atoms with Gasteiger partial charge in [0.25, 0.3) is 0 Å². The zero-order chi connectivity index (χ0) is 16.9. The molecule has 0 bridgehead atoms. The number of hydrogen-bond donors (Lipinski definition) is 1. The van der Waals surface area contributed by atoms with E-state index >= 15 is 0 Å². The topological polar surface area (TPSA) is 39.6 Å². The Bertz CT molecular complexity index is 648. The van der Waals surface area contributed by atoms with Crippen molar-refractivity contribution >= 4 is 11.3 Å². The standard InChI is InChI=1S/C19H27N3OS/c1-15(2)18-14-24-19(20-18)12-22-9-7-21(8-10-22)11-16-5-3-4-6-17(16)13-23/h3-6,14-15,23H,7-13H2,1-2H3. The van der Waals surface area contributed by atoms with Gasteiger partial charge in [-0.2, -0.15) is 0 Å². The van der Waals surface area contributed by atoms with Crippen molar-refractivity contribution in [3.05, 3.63) is 51.5 Å². The highest BCUT2D eigenvalue weighted by Gasteiger charge is 2.19. The number of aliphatic hydroxyl groups is 1. The summed E-state index contributed by atoms with van der Waals surface area (Å²) in [4.78, 5) is 9.72. The van der Waals surface area contributed by atoms with Crippen LogP contribution in [-0.2, 0) is 19.7 Å². The summed E-state index contributed by atoms with van der Waals surface area (Å²) in [6.45, 7) is 10.7. The Morgan fingerprint density at radius 1 is 1.04 bits per heavy atom. The molecule has 1 saturated heterocycles. The fraction of sp³-hybridized carbons (Fsp3) is 0.526. The molecule has 5 heteroatoms. The molecule has 1 aliphatic rings. The molecule has 4 nitrogen and oxygen atoms in total. The van der Waals surface area contributed by atoms with Crippen molar-refractivity contribution < 1.29 is 5.11 Å². The number of thiazole rings is 1. The minimum absolute atomic E-state index is 0.123. The van der Waals surface area contributed by atoms with E-state index in [9.17, 15) is 5.11 Å². The van der Waals surface area contributed by atoms with Crippen LogP contribution >= 0.6 is 11.3 Å². The van der Waals surface area contributed by atoms with E-state index in [4.69, 9.17) is 4.98 Å². The van der Waals surface area contributed by atoms with Gasteiger partial charge in [0.1, 0.15) is 5.01 Å². The van der Waals surface area contributed by atoms with E-state index in [2.05, 4.69) is 41.2 Å². The van der Waals surface area contributed by atoms with Crippen molar-refractivity contribution in [1.82, 2.24) is 14.8 Å². The van der Waals surface area contributed by atoms with Crippen LogP contribution in [0.15, 0.2) is 29.6 Å². The second-order valence-electron chi connectivity index (χ2n) is 6.80. The Morgan fingerprint density at radius 3 is 2.25 bits per heavy atom. The molecule has 2 heterocycles. The van der Waals surface area contributed by atoms with Crippen molar-refractivity contribution in [2.75, 3.05) is 26.2 Å². The fourth-order valence-corrected chi connectivity index (χ4v) is 4.06. The predicted octanol–water partition coefficient (Wildman–Crippen LogP) is 3.08. The second kappa shape index (κ2) is 8.21. The molecule has 3 rings (SSSR count). The maximum Gasteiger partial charge on any atom is 0.107 e. The largest absolute Gasteiger partial charge is 0.392 e. The van der Waals surface area contributed by atoms with Crippen molar-refractivity contribution in [2.24, 2.45) is 0 Å². The summed E-state index contributed by atoms with van der Waals surface area (Å²) in [5, 5.41) is 12.9. The lowest BCUT2D eigenvalue weighted by Crippen LogP contribution is -2.45. The average molecular weight is 346 g/mol. The molecule has 1 aromatic carbocycles. The van der Waals surface area contributed by atoms with Gasteiger partial charge in [0.2, 0.25) is 0 Å². The first-order valence-corrected chi connectivity index (χ1v) is 9.60. The highest BCUT2D eigenvalue weighted by molar-refractivity contribution is 7.09. The molecule has 1 fully saturated rings. The molecule has 0 atom stereocenters. The normalized spacial score (nSPS) is 16.8. The molecule has 24 heavy (non-hydrogen) atoms. The Balaban J connectivity index is 1.50. The summed E-state index contributed by atoms with van der Waals surface area (Å²) in [5.41, 5.74) is 3.51. The SMILES string of the molecule is CC(C)c1csc(CN2CCN(Cc3ccccc3CO)CC2)n1. The highest BCUT2D eigenvalue weighted by atomic mass is 32.1. The molecular formula is C19H27N3OS. The molecule has 130 valence electrons. The lowest BCUT2D eigenvalue weighted by Gasteiger charge is -2.34. The third-order valence-electron chi connectivity index (χ3n) is 4.67. The van der Waals surface area contributed by atoms with Gasteiger partial charge in [0.15, 0.2) is 0 Å². The van der Waals surface area contributed by atoms with E-state index in [0.29, 0.717) is 5.92 Å². The van der Waals surface area contributed by atoms with Crippen molar-refractivity contribution in [3.8, 4) is 0 Å². The van der Waals surface area contributed by atoms with E-state index in [1.807, 2.05) is 12.1 Å². The second-order valence-corrected chi connectivity index (χ2v) is 7.74. The minimum atomic E-state index is 0.123. The van der Waals surface area contributed by atoms with E-state index in [-0.39, 0.29) is 6.61 Å². The lowest BCUT2D eigenvalue weighted by atomic mass is 10.1. The molecule has 0 aliphatic carbocycles. The lowest BCUT2D eigenvalue weighted by molar-refractivity contribution is 0.121. The predicted molar refractivity (Wildman–Crippen MR) is 99.1 cm³/mol. The first-order chi connectivity index (χ1) is 11.7. The van der Waals surface area contributed by atoms with Gasteiger partial charge in [0, 0.05) is 38.1 Å². The van der Waals surface area contributed by atoms with Gasteiger partial charge in [-0.25, -0.2) is 4.98 Å². The van der Waals surface area contributed by atoms with Crippen LogP contribution in [0.4, 0.5) is 0 Å². The summed E-state index contributed by atoms with van der Waals surface area (Å²) in [7, 11) is 0.